The third-order valence-corrected chi connectivity index (χ3v) is 5.35. The average molecular weight is 387 g/mol. The van der Waals surface area contributed by atoms with Crippen LogP contribution in [0.4, 0.5) is 5.69 Å². The summed E-state index contributed by atoms with van der Waals surface area (Å²) in [4.78, 5) is 1.13. The van der Waals surface area contributed by atoms with Gasteiger partial charge in [0, 0.05) is 37.0 Å². The summed E-state index contributed by atoms with van der Waals surface area (Å²) in [5.41, 5.74) is 8.58. The van der Waals surface area contributed by atoms with Gasteiger partial charge in [0.05, 0.1) is 6.61 Å². The van der Waals surface area contributed by atoms with Crippen molar-refractivity contribution in [1.82, 2.24) is 0 Å². The minimum absolute atomic E-state index is 0.290. The number of benzene rings is 2. The van der Waals surface area contributed by atoms with E-state index in [-0.39, 0.29) is 6.79 Å². The van der Waals surface area contributed by atoms with Crippen molar-refractivity contribution in [2.45, 2.75) is 17.3 Å². The normalized spacial score (nSPS) is 13.6. The molecule has 1 aliphatic rings. The summed E-state index contributed by atoms with van der Waals surface area (Å²) in [5, 5.41) is 0.704. The summed E-state index contributed by atoms with van der Waals surface area (Å²) < 4.78 is 11.9. The van der Waals surface area contributed by atoms with Crippen molar-refractivity contribution < 1.29 is 9.47 Å². The van der Waals surface area contributed by atoms with Gasteiger partial charge in [-0.25, -0.2) is 0 Å². The zero-order chi connectivity index (χ0) is 14.8. The maximum Gasteiger partial charge on any atom is 0.189 e. The van der Waals surface area contributed by atoms with Crippen LogP contribution < -0.4 is 10.5 Å². The first-order chi connectivity index (χ1) is 10.1. The highest BCUT2D eigenvalue weighted by atomic mass is 79.9. The maximum atomic E-state index is 6.17. The molecule has 6 heteroatoms. The Morgan fingerprint density at radius 2 is 2.14 bits per heavy atom. The lowest BCUT2D eigenvalue weighted by atomic mass is 10.1. The van der Waals surface area contributed by atoms with E-state index in [4.69, 9.17) is 26.8 Å². The molecule has 1 aliphatic heterocycles. The van der Waals surface area contributed by atoms with E-state index in [0.717, 1.165) is 37.7 Å². The van der Waals surface area contributed by atoms with Gasteiger partial charge in [-0.15, -0.1) is 11.8 Å². The van der Waals surface area contributed by atoms with Crippen LogP contribution in [0.1, 0.15) is 11.1 Å². The number of rotatable bonds is 3. The zero-order valence-electron chi connectivity index (χ0n) is 11.1. The second-order valence-electron chi connectivity index (χ2n) is 4.64. The molecule has 0 aliphatic carbocycles. The standard InChI is InChI=1S/C15H13BrClNO2S/c16-13-5-12(18)1-2-14(13)21-7-10-4-11(17)3-9-6-19-8-20-15(9)10/h1-5H,6-8,18H2. The van der Waals surface area contributed by atoms with Crippen LogP contribution in [-0.4, -0.2) is 6.79 Å². The van der Waals surface area contributed by atoms with E-state index in [0.29, 0.717) is 11.6 Å². The van der Waals surface area contributed by atoms with Crippen molar-refractivity contribution >= 4 is 45.0 Å². The van der Waals surface area contributed by atoms with Gasteiger partial charge in [-0.1, -0.05) is 11.6 Å². The Hall–Kier alpha value is -0.880. The number of anilines is 1. The van der Waals surface area contributed by atoms with E-state index in [2.05, 4.69) is 15.9 Å². The molecule has 0 amide bonds. The van der Waals surface area contributed by atoms with Crippen LogP contribution in [0.2, 0.25) is 5.02 Å². The Balaban J connectivity index is 1.83. The Morgan fingerprint density at radius 3 is 2.95 bits per heavy atom. The topological polar surface area (TPSA) is 44.5 Å². The lowest BCUT2D eigenvalue weighted by Crippen LogP contribution is -2.12. The number of ether oxygens (including phenoxy) is 2. The fourth-order valence-corrected chi connectivity index (χ4v) is 4.04. The van der Waals surface area contributed by atoms with Crippen LogP contribution in [0.25, 0.3) is 0 Å². The summed E-state index contributed by atoms with van der Waals surface area (Å²) >= 11 is 11.4. The van der Waals surface area contributed by atoms with Crippen LogP contribution in [0.5, 0.6) is 5.75 Å². The summed E-state index contributed by atoms with van der Waals surface area (Å²) in [5.74, 6) is 1.66. The zero-order valence-corrected chi connectivity index (χ0v) is 14.2. The van der Waals surface area contributed by atoms with E-state index < -0.39 is 0 Å². The third kappa shape index (κ3) is 3.48. The van der Waals surface area contributed by atoms with Gasteiger partial charge in [-0.05, 0) is 46.3 Å². The number of nitrogens with two attached hydrogens (primary N) is 1. The summed E-state index contributed by atoms with van der Waals surface area (Å²) in [6.07, 6.45) is 0. The van der Waals surface area contributed by atoms with Crippen LogP contribution in [0.15, 0.2) is 39.7 Å². The molecule has 0 atom stereocenters. The molecule has 0 aromatic heterocycles. The van der Waals surface area contributed by atoms with Crippen LogP contribution in [0, 0.1) is 0 Å². The number of halogens is 2. The quantitative estimate of drug-likeness (QED) is 0.605. The molecule has 0 unspecified atom stereocenters. The lowest BCUT2D eigenvalue weighted by Gasteiger charge is -2.21. The molecule has 0 bridgehead atoms. The molecule has 3 nitrogen and oxygen atoms in total. The maximum absolute atomic E-state index is 6.17. The first kappa shape index (κ1) is 15.0. The summed E-state index contributed by atoms with van der Waals surface area (Å²) in [6, 6.07) is 9.64. The largest absolute Gasteiger partial charge is 0.467 e. The average Bonchev–Trinajstić information content (AvgIpc) is 2.46. The predicted octanol–water partition coefficient (Wildman–Crippen LogP) is 4.84. The highest BCUT2D eigenvalue weighted by Gasteiger charge is 2.16. The van der Waals surface area contributed by atoms with E-state index in [1.54, 1.807) is 11.8 Å². The smallest absolute Gasteiger partial charge is 0.189 e. The molecule has 3 rings (SSSR count). The van der Waals surface area contributed by atoms with E-state index in [1.165, 1.54) is 0 Å². The fraction of sp³-hybridized carbons (Fsp3) is 0.200. The Bertz CT molecular complexity index is 681. The second kappa shape index (κ2) is 6.48. The summed E-state index contributed by atoms with van der Waals surface area (Å²) in [7, 11) is 0. The lowest BCUT2D eigenvalue weighted by molar-refractivity contribution is -0.0168. The van der Waals surface area contributed by atoms with Crippen molar-refractivity contribution in [1.29, 1.82) is 0 Å². The minimum Gasteiger partial charge on any atom is -0.467 e. The van der Waals surface area contributed by atoms with Gasteiger partial charge in [0.1, 0.15) is 5.75 Å². The Labute approximate surface area is 140 Å². The molecule has 0 fully saturated rings. The van der Waals surface area contributed by atoms with Gasteiger partial charge < -0.3 is 15.2 Å². The number of thioether (sulfide) groups is 1. The predicted molar refractivity (Wildman–Crippen MR) is 89.9 cm³/mol. The minimum atomic E-state index is 0.290. The molecule has 0 radical (unpaired) electrons. The summed E-state index contributed by atoms with van der Waals surface area (Å²) in [6.45, 7) is 0.830. The molecule has 1 heterocycles. The Morgan fingerprint density at radius 1 is 1.29 bits per heavy atom. The molecule has 0 saturated carbocycles. The molecule has 21 heavy (non-hydrogen) atoms. The molecule has 0 spiro atoms. The fourth-order valence-electron chi connectivity index (χ4n) is 2.15. The van der Waals surface area contributed by atoms with Crippen molar-refractivity contribution in [3.8, 4) is 5.75 Å². The first-order valence-corrected chi connectivity index (χ1v) is 8.49. The van der Waals surface area contributed by atoms with Crippen molar-refractivity contribution in [3.63, 3.8) is 0 Å². The van der Waals surface area contributed by atoms with E-state index in [1.807, 2.05) is 30.3 Å². The second-order valence-corrected chi connectivity index (χ2v) is 6.95. The highest BCUT2D eigenvalue weighted by molar-refractivity contribution is 9.10. The number of hydrogen-bond acceptors (Lipinski definition) is 4. The molecule has 110 valence electrons. The van der Waals surface area contributed by atoms with E-state index >= 15 is 0 Å². The van der Waals surface area contributed by atoms with Gasteiger partial charge in [0.15, 0.2) is 6.79 Å². The highest BCUT2D eigenvalue weighted by Crippen LogP contribution is 2.37. The molecule has 2 aromatic rings. The molecular formula is C15H13BrClNO2S. The van der Waals surface area contributed by atoms with Crippen LogP contribution in [-0.2, 0) is 17.1 Å². The SMILES string of the molecule is Nc1ccc(SCc2cc(Cl)cc3c2OCOC3)c(Br)c1. The van der Waals surface area contributed by atoms with Crippen LogP contribution in [0.3, 0.4) is 0 Å². The van der Waals surface area contributed by atoms with Crippen molar-refractivity contribution in [3.05, 3.63) is 51.0 Å². The van der Waals surface area contributed by atoms with Gasteiger partial charge in [0.25, 0.3) is 0 Å². The van der Waals surface area contributed by atoms with Crippen molar-refractivity contribution in [2.24, 2.45) is 0 Å². The number of nitrogen functional groups attached to an aromatic ring is 1. The van der Waals surface area contributed by atoms with E-state index in [9.17, 15) is 0 Å². The molecule has 2 aromatic carbocycles. The molecule has 2 N–H and O–H groups in total. The van der Waals surface area contributed by atoms with Gasteiger partial charge in [-0.2, -0.15) is 0 Å². The monoisotopic (exact) mass is 385 g/mol. The van der Waals surface area contributed by atoms with Crippen molar-refractivity contribution in [2.75, 3.05) is 12.5 Å². The van der Waals surface area contributed by atoms with Crippen LogP contribution >= 0.6 is 39.3 Å². The Kier molecular flexibility index (Phi) is 4.64. The third-order valence-electron chi connectivity index (χ3n) is 3.09. The molecular weight excluding hydrogens is 374 g/mol. The van der Waals surface area contributed by atoms with Gasteiger partial charge in [-0.3, -0.25) is 0 Å². The number of hydrogen-bond donors (Lipinski definition) is 1. The first-order valence-electron chi connectivity index (χ1n) is 6.33. The number of fused-ring (bicyclic) bond motifs is 1. The molecule has 0 saturated heterocycles. The van der Waals surface area contributed by atoms with Gasteiger partial charge in [0.2, 0.25) is 0 Å². The van der Waals surface area contributed by atoms with Gasteiger partial charge >= 0.3 is 0 Å².